The van der Waals surface area contributed by atoms with Gasteiger partial charge in [0, 0.05) is 0 Å². The van der Waals surface area contributed by atoms with Crippen molar-refractivity contribution in [1.29, 1.82) is 0 Å². The number of carbonyl (C=O) groups excluding carboxylic acids is 1. The number of carbonyl (C=O) groups is 1. The van der Waals surface area contributed by atoms with Crippen LogP contribution in [0.15, 0.2) is 18.2 Å². The summed E-state index contributed by atoms with van der Waals surface area (Å²) in [4.78, 5) is 10.7. The van der Waals surface area contributed by atoms with Crippen molar-refractivity contribution in [1.82, 2.24) is 0 Å². The average molecular weight is 295 g/mol. The lowest BCUT2D eigenvalue weighted by Gasteiger charge is -2.32. The van der Waals surface area contributed by atoms with Crippen molar-refractivity contribution in [2.24, 2.45) is 5.73 Å². The number of primary amides is 1. The van der Waals surface area contributed by atoms with Gasteiger partial charge in [0.1, 0.15) is 0 Å². The van der Waals surface area contributed by atoms with E-state index in [0.717, 1.165) is 0 Å². The summed E-state index contributed by atoms with van der Waals surface area (Å²) in [7, 11) is -0.619. The van der Waals surface area contributed by atoms with Crippen molar-refractivity contribution >= 4 is 18.5 Å². The number of benzene rings is 1. The molecule has 0 aromatic heterocycles. The fourth-order valence-electron chi connectivity index (χ4n) is 1.91. The molecule has 1 fully saturated rings. The third-order valence-electron chi connectivity index (χ3n) is 3.85. The highest BCUT2D eigenvalue weighted by Crippen LogP contribution is 2.36. The number of ether oxygens (including phenoxy) is 1. The van der Waals surface area contributed by atoms with Crippen LogP contribution in [0.5, 0.6) is 5.75 Å². The van der Waals surface area contributed by atoms with Crippen LogP contribution in [-0.2, 0) is 14.1 Å². The average Bonchev–Trinajstić information content (AvgIpc) is 2.57. The second-order valence-corrected chi connectivity index (χ2v) is 6.03. The second kappa shape index (κ2) is 5.31. The summed E-state index contributed by atoms with van der Waals surface area (Å²) in [6.45, 7) is 7.34. The van der Waals surface area contributed by atoms with E-state index in [9.17, 15) is 9.18 Å². The SMILES string of the molecule is CC1(C)OB(c2ccc(F)c(OCC(N)=O)c2)OC1(C)C. The number of hydrogen-bond donors (Lipinski definition) is 1. The highest BCUT2D eigenvalue weighted by Gasteiger charge is 2.51. The number of rotatable bonds is 4. The molecule has 0 spiro atoms. The molecule has 0 aliphatic carbocycles. The first kappa shape index (κ1) is 15.8. The van der Waals surface area contributed by atoms with Gasteiger partial charge in [0.15, 0.2) is 18.2 Å². The highest BCUT2D eigenvalue weighted by molar-refractivity contribution is 6.62. The van der Waals surface area contributed by atoms with Crippen LogP contribution in [0.3, 0.4) is 0 Å². The zero-order chi connectivity index (χ0) is 15.8. The van der Waals surface area contributed by atoms with E-state index in [1.165, 1.54) is 12.1 Å². The third kappa shape index (κ3) is 3.19. The standard InChI is InChI=1S/C14H19BFNO4/c1-13(2)14(3,4)21-15(20-13)9-5-6-10(16)11(7-9)19-8-12(17)18/h5-7H,8H2,1-4H3,(H2,17,18). The molecule has 114 valence electrons. The van der Waals surface area contributed by atoms with Crippen molar-refractivity contribution < 1.29 is 23.2 Å². The first-order valence-electron chi connectivity index (χ1n) is 6.68. The molecule has 0 atom stereocenters. The van der Waals surface area contributed by atoms with E-state index in [0.29, 0.717) is 5.46 Å². The number of hydrogen-bond acceptors (Lipinski definition) is 4. The third-order valence-corrected chi connectivity index (χ3v) is 3.85. The molecule has 2 rings (SSSR count). The Morgan fingerprint density at radius 3 is 2.38 bits per heavy atom. The monoisotopic (exact) mass is 295 g/mol. The first-order chi connectivity index (χ1) is 9.62. The van der Waals surface area contributed by atoms with Crippen LogP contribution in [-0.4, -0.2) is 30.8 Å². The summed E-state index contributed by atoms with van der Waals surface area (Å²) < 4.78 is 30.5. The Kier molecular flexibility index (Phi) is 3.99. The fraction of sp³-hybridized carbons (Fsp3) is 0.500. The van der Waals surface area contributed by atoms with Crippen molar-refractivity contribution in [3.05, 3.63) is 24.0 Å². The Bertz CT molecular complexity index is 546. The number of amides is 1. The zero-order valence-electron chi connectivity index (χ0n) is 12.6. The first-order valence-corrected chi connectivity index (χ1v) is 6.68. The molecule has 1 heterocycles. The molecule has 0 saturated carbocycles. The molecule has 2 N–H and O–H groups in total. The minimum atomic E-state index is -0.671. The molecule has 21 heavy (non-hydrogen) atoms. The van der Waals surface area contributed by atoms with E-state index >= 15 is 0 Å². The van der Waals surface area contributed by atoms with E-state index in [1.54, 1.807) is 6.07 Å². The van der Waals surface area contributed by atoms with Gasteiger partial charge in [0.2, 0.25) is 0 Å². The van der Waals surface area contributed by atoms with Gasteiger partial charge >= 0.3 is 7.12 Å². The van der Waals surface area contributed by atoms with Gasteiger partial charge in [-0.25, -0.2) is 4.39 Å². The van der Waals surface area contributed by atoms with Gasteiger partial charge in [-0.1, -0.05) is 6.07 Å². The highest BCUT2D eigenvalue weighted by atomic mass is 19.1. The van der Waals surface area contributed by atoms with E-state index in [-0.39, 0.29) is 12.4 Å². The number of nitrogens with two attached hydrogens (primary N) is 1. The molecule has 1 aliphatic heterocycles. The van der Waals surface area contributed by atoms with Gasteiger partial charge in [-0.05, 0) is 45.3 Å². The molecule has 0 unspecified atom stereocenters. The molecule has 0 radical (unpaired) electrons. The topological polar surface area (TPSA) is 70.8 Å². The van der Waals surface area contributed by atoms with Gasteiger partial charge in [-0.15, -0.1) is 0 Å². The lowest BCUT2D eigenvalue weighted by atomic mass is 9.79. The van der Waals surface area contributed by atoms with Gasteiger partial charge in [-0.2, -0.15) is 0 Å². The molecule has 1 aliphatic rings. The second-order valence-electron chi connectivity index (χ2n) is 6.03. The Balaban J connectivity index is 2.22. The molecular formula is C14H19BFNO4. The largest absolute Gasteiger partial charge is 0.494 e. The van der Waals surface area contributed by atoms with Gasteiger partial charge in [-0.3, -0.25) is 4.79 Å². The van der Waals surface area contributed by atoms with E-state index in [1.807, 2.05) is 27.7 Å². The molecular weight excluding hydrogens is 276 g/mol. The summed E-state index contributed by atoms with van der Waals surface area (Å²) in [5.74, 6) is -1.30. The van der Waals surface area contributed by atoms with Crippen LogP contribution in [0.25, 0.3) is 0 Å². The fourth-order valence-corrected chi connectivity index (χ4v) is 1.91. The molecule has 5 nitrogen and oxygen atoms in total. The van der Waals surface area contributed by atoms with Crippen molar-refractivity contribution in [2.75, 3.05) is 6.61 Å². The van der Waals surface area contributed by atoms with E-state index in [4.69, 9.17) is 19.8 Å². The summed E-state index contributed by atoms with van der Waals surface area (Å²) in [6.07, 6.45) is 0. The minimum absolute atomic E-state index is 0.0546. The lowest BCUT2D eigenvalue weighted by molar-refractivity contribution is -0.120. The van der Waals surface area contributed by atoms with Gasteiger partial charge < -0.3 is 19.8 Å². The van der Waals surface area contributed by atoms with Crippen LogP contribution in [0, 0.1) is 5.82 Å². The molecule has 1 aromatic rings. The van der Waals surface area contributed by atoms with E-state index < -0.39 is 30.0 Å². The Labute approximate surface area is 123 Å². The quantitative estimate of drug-likeness (QED) is 0.841. The predicted octanol–water partition coefficient (Wildman–Crippen LogP) is 0.989. The predicted molar refractivity (Wildman–Crippen MR) is 76.8 cm³/mol. The van der Waals surface area contributed by atoms with Gasteiger partial charge in [0.05, 0.1) is 11.2 Å². The van der Waals surface area contributed by atoms with Crippen LogP contribution in [0.2, 0.25) is 0 Å². The van der Waals surface area contributed by atoms with Crippen LogP contribution in [0.4, 0.5) is 4.39 Å². The minimum Gasteiger partial charge on any atom is -0.481 e. The smallest absolute Gasteiger partial charge is 0.481 e. The summed E-state index contributed by atoms with van der Waals surface area (Å²) in [5, 5.41) is 0. The molecule has 1 aromatic carbocycles. The Morgan fingerprint density at radius 1 is 1.29 bits per heavy atom. The Hall–Kier alpha value is -1.60. The van der Waals surface area contributed by atoms with Gasteiger partial charge in [0.25, 0.3) is 5.91 Å². The maximum absolute atomic E-state index is 13.7. The molecule has 1 saturated heterocycles. The van der Waals surface area contributed by atoms with Crippen molar-refractivity contribution in [3.8, 4) is 5.75 Å². The van der Waals surface area contributed by atoms with Crippen LogP contribution in [0.1, 0.15) is 27.7 Å². The normalized spacial score (nSPS) is 19.6. The number of halogens is 1. The van der Waals surface area contributed by atoms with E-state index in [2.05, 4.69) is 0 Å². The molecule has 0 bridgehead atoms. The molecule has 7 heteroatoms. The molecule has 1 amide bonds. The zero-order valence-corrected chi connectivity index (χ0v) is 12.6. The van der Waals surface area contributed by atoms with Crippen LogP contribution >= 0.6 is 0 Å². The Morgan fingerprint density at radius 2 is 1.86 bits per heavy atom. The van der Waals surface area contributed by atoms with Crippen LogP contribution < -0.4 is 15.9 Å². The summed E-state index contributed by atoms with van der Waals surface area (Å²) >= 11 is 0. The summed E-state index contributed by atoms with van der Waals surface area (Å²) in [5.41, 5.74) is 4.63. The van der Waals surface area contributed by atoms with Crippen molar-refractivity contribution in [2.45, 2.75) is 38.9 Å². The lowest BCUT2D eigenvalue weighted by Crippen LogP contribution is -2.41. The maximum atomic E-state index is 13.7. The summed E-state index contributed by atoms with van der Waals surface area (Å²) in [6, 6.07) is 4.27. The van der Waals surface area contributed by atoms with Crippen molar-refractivity contribution in [3.63, 3.8) is 0 Å². The maximum Gasteiger partial charge on any atom is 0.494 e.